The van der Waals surface area contributed by atoms with Crippen molar-refractivity contribution in [2.75, 3.05) is 19.6 Å². The molecule has 0 radical (unpaired) electrons. The Morgan fingerprint density at radius 3 is 2.21 bits per heavy atom. The SMILES string of the molecule is CCNC1CCCCC1N1CCC(C(C)(C)C)CC1. The van der Waals surface area contributed by atoms with Crippen LogP contribution in [-0.4, -0.2) is 36.6 Å². The first-order valence-corrected chi connectivity index (χ1v) is 8.49. The summed E-state index contributed by atoms with van der Waals surface area (Å²) in [6, 6.07) is 1.57. The van der Waals surface area contributed by atoms with E-state index in [-0.39, 0.29) is 0 Å². The van der Waals surface area contributed by atoms with Gasteiger partial charge in [-0.15, -0.1) is 0 Å². The highest BCUT2D eigenvalue weighted by Gasteiger charge is 2.34. The summed E-state index contributed by atoms with van der Waals surface area (Å²) >= 11 is 0. The van der Waals surface area contributed by atoms with Crippen LogP contribution < -0.4 is 5.32 Å². The van der Waals surface area contributed by atoms with Gasteiger partial charge in [0.1, 0.15) is 0 Å². The third-order valence-electron chi connectivity index (χ3n) is 5.42. The minimum absolute atomic E-state index is 0.500. The Morgan fingerprint density at radius 1 is 1.00 bits per heavy atom. The molecule has 1 heterocycles. The van der Waals surface area contributed by atoms with Crippen molar-refractivity contribution in [2.24, 2.45) is 11.3 Å². The smallest absolute Gasteiger partial charge is 0.0249 e. The summed E-state index contributed by atoms with van der Waals surface area (Å²) in [4.78, 5) is 2.80. The quantitative estimate of drug-likeness (QED) is 0.838. The molecule has 1 aliphatic heterocycles. The highest BCUT2D eigenvalue weighted by Crippen LogP contribution is 2.36. The lowest BCUT2D eigenvalue weighted by atomic mass is 9.74. The Balaban J connectivity index is 1.88. The van der Waals surface area contributed by atoms with Crippen molar-refractivity contribution in [1.82, 2.24) is 10.2 Å². The van der Waals surface area contributed by atoms with Crippen molar-refractivity contribution < 1.29 is 0 Å². The lowest BCUT2D eigenvalue weighted by molar-refractivity contribution is 0.0537. The van der Waals surface area contributed by atoms with Gasteiger partial charge >= 0.3 is 0 Å². The van der Waals surface area contributed by atoms with E-state index >= 15 is 0 Å². The summed E-state index contributed by atoms with van der Waals surface area (Å²) in [6.45, 7) is 13.3. The van der Waals surface area contributed by atoms with Crippen LogP contribution in [0.5, 0.6) is 0 Å². The molecule has 0 aromatic heterocycles. The van der Waals surface area contributed by atoms with Crippen LogP contribution in [0, 0.1) is 11.3 Å². The van der Waals surface area contributed by atoms with Crippen LogP contribution in [0.1, 0.15) is 66.2 Å². The Labute approximate surface area is 120 Å². The third kappa shape index (κ3) is 3.95. The molecule has 1 saturated carbocycles. The molecule has 0 aromatic carbocycles. The second-order valence-electron chi connectivity index (χ2n) is 7.69. The van der Waals surface area contributed by atoms with E-state index in [0.29, 0.717) is 5.41 Å². The minimum Gasteiger partial charge on any atom is -0.313 e. The lowest BCUT2D eigenvalue weighted by Crippen LogP contribution is -2.54. The molecule has 2 atom stereocenters. The van der Waals surface area contributed by atoms with Crippen molar-refractivity contribution in [3.8, 4) is 0 Å². The van der Waals surface area contributed by atoms with Gasteiger partial charge in [0, 0.05) is 12.1 Å². The predicted molar refractivity (Wildman–Crippen MR) is 83.5 cm³/mol. The van der Waals surface area contributed by atoms with Gasteiger partial charge in [0.15, 0.2) is 0 Å². The number of likely N-dealkylation sites (N-methyl/N-ethyl adjacent to an activating group) is 1. The molecule has 2 heteroatoms. The number of piperidine rings is 1. The predicted octanol–water partition coefficient (Wildman–Crippen LogP) is 3.67. The van der Waals surface area contributed by atoms with Crippen LogP contribution >= 0.6 is 0 Å². The van der Waals surface area contributed by atoms with Gasteiger partial charge in [-0.2, -0.15) is 0 Å². The van der Waals surface area contributed by atoms with Crippen molar-refractivity contribution in [1.29, 1.82) is 0 Å². The second-order valence-corrected chi connectivity index (χ2v) is 7.69. The molecule has 0 bridgehead atoms. The Bertz CT molecular complexity index is 259. The summed E-state index contributed by atoms with van der Waals surface area (Å²) < 4.78 is 0. The molecule has 0 spiro atoms. The molecule has 0 amide bonds. The van der Waals surface area contributed by atoms with Gasteiger partial charge in [-0.1, -0.05) is 40.5 Å². The molecule has 112 valence electrons. The van der Waals surface area contributed by atoms with Gasteiger partial charge in [-0.25, -0.2) is 0 Å². The summed E-state index contributed by atoms with van der Waals surface area (Å²) in [5, 5.41) is 3.73. The second kappa shape index (κ2) is 6.58. The van der Waals surface area contributed by atoms with Gasteiger partial charge in [-0.3, -0.25) is 4.90 Å². The first-order valence-electron chi connectivity index (χ1n) is 8.49. The number of hydrogen-bond acceptors (Lipinski definition) is 2. The molecular weight excluding hydrogens is 232 g/mol. The van der Waals surface area contributed by atoms with Crippen LogP contribution in [0.15, 0.2) is 0 Å². The van der Waals surface area contributed by atoms with Crippen LogP contribution in [0.3, 0.4) is 0 Å². The van der Waals surface area contributed by atoms with E-state index in [2.05, 4.69) is 37.9 Å². The van der Waals surface area contributed by atoms with Crippen LogP contribution in [-0.2, 0) is 0 Å². The molecule has 1 aliphatic carbocycles. The zero-order valence-electron chi connectivity index (χ0n) is 13.5. The Morgan fingerprint density at radius 2 is 1.63 bits per heavy atom. The fraction of sp³-hybridized carbons (Fsp3) is 1.00. The van der Waals surface area contributed by atoms with Crippen molar-refractivity contribution in [2.45, 2.75) is 78.3 Å². The van der Waals surface area contributed by atoms with Gasteiger partial charge in [0.2, 0.25) is 0 Å². The van der Waals surface area contributed by atoms with E-state index in [9.17, 15) is 0 Å². The van der Waals surface area contributed by atoms with E-state index in [1.54, 1.807) is 0 Å². The molecular formula is C17H34N2. The lowest BCUT2D eigenvalue weighted by Gasteiger charge is -2.45. The number of nitrogens with one attached hydrogen (secondary N) is 1. The highest BCUT2D eigenvalue weighted by molar-refractivity contribution is 4.91. The first kappa shape index (κ1) is 15.3. The maximum Gasteiger partial charge on any atom is 0.0249 e. The largest absolute Gasteiger partial charge is 0.313 e. The van der Waals surface area contributed by atoms with Crippen LogP contribution in [0.4, 0.5) is 0 Å². The minimum atomic E-state index is 0.500. The van der Waals surface area contributed by atoms with Gasteiger partial charge < -0.3 is 5.32 Å². The van der Waals surface area contributed by atoms with E-state index in [1.165, 1.54) is 51.6 Å². The number of likely N-dealkylation sites (tertiary alicyclic amines) is 1. The van der Waals surface area contributed by atoms with Crippen LogP contribution in [0.25, 0.3) is 0 Å². The molecule has 2 fully saturated rings. The monoisotopic (exact) mass is 266 g/mol. The number of nitrogens with zero attached hydrogens (tertiary/aromatic N) is 1. The normalized spacial score (nSPS) is 31.6. The van der Waals surface area contributed by atoms with Crippen molar-refractivity contribution >= 4 is 0 Å². The molecule has 2 unspecified atom stereocenters. The van der Waals surface area contributed by atoms with E-state index in [0.717, 1.165) is 24.5 Å². The zero-order valence-corrected chi connectivity index (χ0v) is 13.5. The molecule has 0 aromatic rings. The standard InChI is InChI=1S/C17H34N2/c1-5-18-15-8-6-7-9-16(15)19-12-10-14(11-13-19)17(2,3)4/h14-16,18H,5-13H2,1-4H3. The summed E-state index contributed by atoms with van der Waals surface area (Å²) in [5.41, 5.74) is 0.500. The maximum atomic E-state index is 3.73. The summed E-state index contributed by atoms with van der Waals surface area (Å²) in [6.07, 6.45) is 8.46. The molecule has 1 saturated heterocycles. The summed E-state index contributed by atoms with van der Waals surface area (Å²) in [7, 11) is 0. The molecule has 1 N–H and O–H groups in total. The van der Waals surface area contributed by atoms with E-state index < -0.39 is 0 Å². The third-order valence-corrected chi connectivity index (χ3v) is 5.42. The van der Waals surface area contributed by atoms with Crippen molar-refractivity contribution in [3.05, 3.63) is 0 Å². The molecule has 2 aliphatic rings. The molecule has 2 rings (SSSR count). The molecule has 19 heavy (non-hydrogen) atoms. The average molecular weight is 266 g/mol. The van der Waals surface area contributed by atoms with Gasteiger partial charge in [0.25, 0.3) is 0 Å². The maximum absolute atomic E-state index is 3.73. The van der Waals surface area contributed by atoms with Gasteiger partial charge in [0.05, 0.1) is 0 Å². The highest BCUT2D eigenvalue weighted by atomic mass is 15.2. The average Bonchev–Trinajstić information content (AvgIpc) is 2.39. The Hall–Kier alpha value is -0.0800. The Kier molecular flexibility index (Phi) is 5.30. The zero-order chi connectivity index (χ0) is 13.9. The van der Waals surface area contributed by atoms with Gasteiger partial charge in [-0.05, 0) is 56.7 Å². The topological polar surface area (TPSA) is 15.3 Å². The first-order chi connectivity index (χ1) is 9.02. The summed E-state index contributed by atoms with van der Waals surface area (Å²) in [5.74, 6) is 0.921. The van der Waals surface area contributed by atoms with Crippen LogP contribution in [0.2, 0.25) is 0 Å². The van der Waals surface area contributed by atoms with Crippen molar-refractivity contribution in [3.63, 3.8) is 0 Å². The number of hydrogen-bond donors (Lipinski definition) is 1. The van der Waals surface area contributed by atoms with E-state index in [4.69, 9.17) is 0 Å². The van der Waals surface area contributed by atoms with E-state index in [1.807, 2.05) is 0 Å². The fourth-order valence-corrected chi connectivity index (χ4v) is 4.15. The fourth-order valence-electron chi connectivity index (χ4n) is 4.15. The number of rotatable bonds is 3. The molecule has 2 nitrogen and oxygen atoms in total.